The van der Waals surface area contributed by atoms with Crippen LogP contribution in [0.15, 0.2) is 18.3 Å². The summed E-state index contributed by atoms with van der Waals surface area (Å²) in [6, 6.07) is 4.61. The number of nitrogens with zero attached hydrogens (tertiary/aromatic N) is 1. The van der Waals surface area contributed by atoms with Crippen LogP contribution in [0.4, 0.5) is 0 Å². The number of pyridine rings is 1. The number of hydrogen-bond acceptors (Lipinski definition) is 1. The monoisotopic (exact) mass is 397 g/mol. The van der Waals surface area contributed by atoms with Gasteiger partial charge in [-0.1, -0.05) is 103 Å². The van der Waals surface area contributed by atoms with E-state index in [4.69, 9.17) is 4.98 Å². The fraction of sp³-hybridized carbons (Fsp3) is 0.821. The molecule has 0 aliphatic heterocycles. The molecule has 3 rings (SSSR count). The van der Waals surface area contributed by atoms with Crippen molar-refractivity contribution in [2.75, 3.05) is 0 Å². The van der Waals surface area contributed by atoms with Crippen LogP contribution in [0.5, 0.6) is 0 Å². The van der Waals surface area contributed by atoms with Crippen molar-refractivity contribution in [2.45, 2.75) is 123 Å². The first-order valence-corrected chi connectivity index (χ1v) is 13.2. The van der Waals surface area contributed by atoms with Gasteiger partial charge >= 0.3 is 0 Å². The average molecular weight is 398 g/mol. The van der Waals surface area contributed by atoms with Crippen molar-refractivity contribution in [3.05, 3.63) is 29.6 Å². The van der Waals surface area contributed by atoms with E-state index in [0.717, 1.165) is 23.7 Å². The summed E-state index contributed by atoms with van der Waals surface area (Å²) in [7, 11) is 0. The molecule has 0 aromatic carbocycles. The molecule has 2 fully saturated rings. The highest BCUT2D eigenvalue weighted by molar-refractivity contribution is 5.14. The van der Waals surface area contributed by atoms with Crippen molar-refractivity contribution in [1.82, 2.24) is 4.98 Å². The highest BCUT2D eigenvalue weighted by Gasteiger charge is 2.24. The first kappa shape index (κ1) is 22.8. The predicted molar refractivity (Wildman–Crippen MR) is 126 cm³/mol. The summed E-state index contributed by atoms with van der Waals surface area (Å²) in [4.78, 5) is 4.75. The molecule has 1 nitrogen and oxygen atoms in total. The Morgan fingerprint density at radius 2 is 1.28 bits per heavy atom. The lowest BCUT2D eigenvalue weighted by atomic mass is 9.74. The number of rotatable bonds is 11. The maximum absolute atomic E-state index is 4.75. The largest absolute Gasteiger partial charge is 0.261 e. The second kappa shape index (κ2) is 12.8. The topological polar surface area (TPSA) is 12.9 Å². The van der Waals surface area contributed by atoms with Crippen molar-refractivity contribution in [3.63, 3.8) is 0 Å². The van der Waals surface area contributed by atoms with E-state index in [9.17, 15) is 0 Å². The van der Waals surface area contributed by atoms with Crippen LogP contribution in [-0.2, 0) is 12.8 Å². The smallest absolute Gasteiger partial charge is 0.0403 e. The number of unbranched alkanes of at least 4 members (excludes halogenated alkanes) is 2. The molecule has 1 aromatic rings. The number of hydrogen-bond donors (Lipinski definition) is 0. The summed E-state index contributed by atoms with van der Waals surface area (Å²) in [6.07, 6.45) is 26.3. The second-order valence-electron chi connectivity index (χ2n) is 10.4. The van der Waals surface area contributed by atoms with E-state index in [0.29, 0.717) is 0 Å². The third-order valence-corrected chi connectivity index (χ3v) is 8.26. The summed E-state index contributed by atoms with van der Waals surface area (Å²) in [5.74, 6) is 4.10. The summed E-state index contributed by atoms with van der Waals surface area (Å²) in [5, 5.41) is 0. The molecular weight excluding hydrogens is 350 g/mol. The van der Waals surface area contributed by atoms with Crippen molar-refractivity contribution < 1.29 is 0 Å². The molecule has 2 saturated carbocycles. The minimum Gasteiger partial charge on any atom is -0.261 e. The highest BCUT2D eigenvalue weighted by Crippen LogP contribution is 2.38. The SMILES string of the molecule is CCCCCc1ccc(CC[C@H]2CC[C@H](CC[C@H]3CC[C@H](CC)CC3)CC2)nc1. The lowest BCUT2D eigenvalue weighted by Gasteiger charge is -2.31. The maximum Gasteiger partial charge on any atom is 0.0403 e. The average Bonchev–Trinajstić information content (AvgIpc) is 2.78. The Morgan fingerprint density at radius 3 is 1.79 bits per heavy atom. The van der Waals surface area contributed by atoms with Gasteiger partial charge in [0.25, 0.3) is 0 Å². The van der Waals surface area contributed by atoms with Gasteiger partial charge in [-0.2, -0.15) is 0 Å². The molecule has 2 aliphatic carbocycles. The van der Waals surface area contributed by atoms with Gasteiger partial charge in [0.2, 0.25) is 0 Å². The quantitative estimate of drug-likeness (QED) is 0.341. The Balaban J connectivity index is 1.27. The number of aromatic nitrogens is 1. The second-order valence-corrected chi connectivity index (χ2v) is 10.4. The fourth-order valence-corrected chi connectivity index (χ4v) is 5.89. The molecule has 0 spiro atoms. The van der Waals surface area contributed by atoms with E-state index in [1.54, 1.807) is 0 Å². The molecule has 0 radical (unpaired) electrons. The fourth-order valence-electron chi connectivity index (χ4n) is 5.89. The summed E-state index contributed by atoms with van der Waals surface area (Å²) < 4.78 is 0. The van der Waals surface area contributed by atoms with E-state index in [2.05, 4.69) is 32.2 Å². The number of aryl methyl sites for hydroxylation is 2. The maximum atomic E-state index is 4.75. The van der Waals surface area contributed by atoms with Gasteiger partial charge in [-0.25, -0.2) is 0 Å². The van der Waals surface area contributed by atoms with Crippen molar-refractivity contribution in [1.29, 1.82) is 0 Å². The lowest BCUT2D eigenvalue weighted by molar-refractivity contribution is 0.211. The van der Waals surface area contributed by atoms with Crippen molar-refractivity contribution in [3.8, 4) is 0 Å². The molecule has 0 amide bonds. The predicted octanol–water partition coefficient (Wildman–Crippen LogP) is 8.55. The van der Waals surface area contributed by atoms with Crippen LogP contribution < -0.4 is 0 Å². The molecular formula is C28H47N. The first-order valence-electron chi connectivity index (χ1n) is 13.2. The Hall–Kier alpha value is -0.850. The van der Waals surface area contributed by atoms with Gasteiger partial charge in [-0.05, 0) is 61.0 Å². The van der Waals surface area contributed by atoms with Crippen LogP contribution in [0, 0.1) is 23.7 Å². The van der Waals surface area contributed by atoms with Crippen molar-refractivity contribution in [2.24, 2.45) is 23.7 Å². The van der Waals surface area contributed by atoms with E-state index in [-0.39, 0.29) is 0 Å². The normalized spacial score (nSPS) is 27.8. The van der Waals surface area contributed by atoms with Gasteiger partial charge < -0.3 is 0 Å². The Bertz CT molecular complexity index is 532. The molecule has 1 aromatic heterocycles. The molecule has 164 valence electrons. The molecule has 29 heavy (non-hydrogen) atoms. The van der Waals surface area contributed by atoms with Crippen LogP contribution in [0.25, 0.3) is 0 Å². The molecule has 0 atom stereocenters. The minimum absolute atomic E-state index is 0.956. The summed E-state index contributed by atoms with van der Waals surface area (Å²) >= 11 is 0. The zero-order chi connectivity index (χ0) is 20.3. The van der Waals surface area contributed by atoms with Gasteiger partial charge in [0.1, 0.15) is 0 Å². The highest BCUT2D eigenvalue weighted by atomic mass is 14.7. The van der Waals surface area contributed by atoms with Gasteiger partial charge in [0, 0.05) is 11.9 Å². The van der Waals surface area contributed by atoms with Crippen LogP contribution in [-0.4, -0.2) is 4.98 Å². The van der Waals surface area contributed by atoms with E-state index in [1.165, 1.54) is 120 Å². The molecule has 0 bridgehead atoms. The van der Waals surface area contributed by atoms with E-state index in [1.807, 2.05) is 0 Å². The van der Waals surface area contributed by atoms with Crippen LogP contribution >= 0.6 is 0 Å². The molecule has 0 N–H and O–H groups in total. The minimum atomic E-state index is 0.956. The molecule has 1 heterocycles. The van der Waals surface area contributed by atoms with Crippen LogP contribution in [0.2, 0.25) is 0 Å². The zero-order valence-corrected chi connectivity index (χ0v) is 19.5. The standard InChI is InChI=1S/C28H47N/c1-3-5-6-7-27-19-21-28(29-22-27)20-18-26-16-14-25(15-17-26)13-12-24-10-8-23(4-2)9-11-24/h19,21-26H,3-18,20H2,1-2H3/t23-,24-,25-,26-. The third-order valence-electron chi connectivity index (χ3n) is 8.26. The van der Waals surface area contributed by atoms with Gasteiger partial charge in [0.15, 0.2) is 0 Å². The molecule has 2 aliphatic rings. The van der Waals surface area contributed by atoms with E-state index < -0.39 is 0 Å². The van der Waals surface area contributed by atoms with Crippen molar-refractivity contribution >= 4 is 0 Å². The Morgan fingerprint density at radius 1 is 0.690 bits per heavy atom. The molecule has 0 saturated heterocycles. The summed E-state index contributed by atoms with van der Waals surface area (Å²) in [6.45, 7) is 4.65. The van der Waals surface area contributed by atoms with Gasteiger partial charge in [-0.3, -0.25) is 4.98 Å². The Labute approximate surface area is 181 Å². The Kier molecular flexibility index (Phi) is 10.0. The van der Waals surface area contributed by atoms with E-state index >= 15 is 0 Å². The van der Waals surface area contributed by atoms with Crippen LogP contribution in [0.1, 0.15) is 121 Å². The lowest BCUT2D eigenvalue weighted by Crippen LogP contribution is -2.18. The third kappa shape index (κ3) is 8.06. The first-order chi connectivity index (χ1) is 14.3. The summed E-state index contributed by atoms with van der Waals surface area (Å²) in [5.41, 5.74) is 2.74. The van der Waals surface area contributed by atoms with Gasteiger partial charge in [0.05, 0.1) is 0 Å². The van der Waals surface area contributed by atoms with Gasteiger partial charge in [-0.15, -0.1) is 0 Å². The van der Waals surface area contributed by atoms with Crippen LogP contribution in [0.3, 0.4) is 0 Å². The molecule has 0 unspecified atom stereocenters. The molecule has 1 heteroatoms. The zero-order valence-electron chi connectivity index (χ0n) is 19.5.